The number of carboxylic acid groups (broad SMARTS) is 1. The van der Waals surface area contributed by atoms with E-state index in [4.69, 9.17) is 4.74 Å². The number of rotatable bonds is 5. The van der Waals surface area contributed by atoms with Gasteiger partial charge in [-0.15, -0.1) is 5.10 Å². The van der Waals surface area contributed by atoms with Gasteiger partial charge >= 0.3 is 5.97 Å². The third-order valence-electron chi connectivity index (χ3n) is 3.61. The first-order chi connectivity index (χ1) is 9.95. The molecule has 1 fully saturated rings. The van der Waals surface area contributed by atoms with Crippen LogP contribution in [0, 0.1) is 5.92 Å². The summed E-state index contributed by atoms with van der Waals surface area (Å²) in [4.78, 5) is 29.4. The summed E-state index contributed by atoms with van der Waals surface area (Å²) in [7, 11) is 0. The topological polar surface area (TPSA) is 108 Å². The molecule has 116 valence electrons. The second-order valence-corrected chi connectivity index (χ2v) is 5.34. The van der Waals surface area contributed by atoms with Crippen molar-refractivity contribution < 1.29 is 19.4 Å². The molecule has 8 heteroatoms. The smallest absolute Gasteiger partial charge is 0.311 e. The van der Waals surface area contributed by atoms with Crippen LogP contribution >= 0.6 is 0 Å². The first kappa shape index (κ1) is 15.4. The molecule has 2 heterocycles. The molecule has 1 aromatic rings. The van der Waals surface area contributed by atoms with E-state index in [1.54, 1.807) is 6.92 Å². The van der Waals surface area contributed by atoms with Crippen molar-refractivity contribution in [3.05, 3.63) is 11.6 Å². The Morgan fingerprint density at radius 1 is 1.48 bits per heavy atom. The normalized spacial score (nSPS) is 21.7. The molecule has 0 bridgehead atoms. The Kier molecular flexibility index (Phi) is 4.56. The average Bonchev–Trinajstić information content (AvgIpc) is 3.08. The largest absolute Gasteiger partial charge is 0.481 e. The standard InChI is InChI=1S/C13H20N4O4/c1-4-17(9-6-21-5-8(9)13(19)20)12(18)11-14-10(7(2)3)15-16-11/h7-9H,4-6H2,1-3H3,(H,19,20)(H,14,15,16). The molecule has 0 radical (unpaired) electrons. The van der Waals surface area contributed by atoms with Crippen LogP contribution in [0.5, 0.6) is 0 Å². The summed E-state index contributed by atoms with van der Waals surface area (Å²) in [5.41, 5.74) is 0. The third-order valence-corrected chi connectivity index (χ3v) is 3.61. The van der Waals surface area contributed by atoms with E-state index in [2.05, 4.69) is 15.2 Å². The van der Waals surface area contributed by atoms with Crippen LogP contribution in [0.4, 0.5) is 0 Å². The monoisotopic (exact) mass is 296 g/mol. The number of aromatic nitrogens is 3. The van der Waals surface area contributed by atoms with Crippen LogP contribution in [0.25, 0.3) is 0 Å². The number of carbonyl (C=O) groups is 2. The van der Waals surface area contributed by atoms with Crippen molar-refractivity contribution in [1.82, 2.24) is 20.1 Å². The molecule has 1 saturated heterocycles. The second-order valence-electron chi connectivity index (χ2n) is 5.34. The highest BCUT2D eigenvalue weighted by atomic mass is 16.5. The Hall–Kier alpha value is -1.96. The predicted octanol–water partition coefficient (Wildman–Crippen LogP) is 0.490. The predicted molar refractivity (Wildman–Crippen MR) is 72.9 cm³/mol. The highest BCUT2D eigenvalue weighted by molar-refractivity contribution is 5.91. The summed E-state index contributed by atoms with van der Waals surface area (Å²) in [5, 5.41) is 15.9. The zero-order chi connectivity index (χ0) is 15.6. The summed E-state index contributed by atoms with van der Waals surface area (Å²) in [5.74, 6) is -1.21. The van der Waals surface area contributed by atoms with Crippen LogP contribution in [0.2, 0.25) is 0 Å². The Morgan fingerprint density at radius 3 is 2.71 bits per heavy atom. The molecule has 0 aliphatic carbocycles. The van der Waals surface area contributed by atoms with Gasteiger partial charge in [-0.25, -0.2) is 4.98 Å². The number of aromatic amines is 1. The van der Waals surface area contributed by atoms with Crippen molar-refractivity contribution in [3.63, 3.8) is 0 Å². The zero-order valence-electron chi connectivity index (χ0n) is 12.4. The molecule has 0 saturated carbocycles. The summed E-state index contributed by atoms with van der Waals surface area (Å²) >= 11 is 0. The van der Waals surface area contributed by atoms with Crippen LogP contribution in [0.15, 0.2) is 0 Å². The first-order valence-corrected chi connectivity index (χ1v) is 6.99. The minimum atomic E-state index is -0.957. The maximum atomic E-state index is 12.5. The van der Waals surface area contributed by atoms with Gasteiger partial charge in [0.05, 0.1) is 19.3 Å². The SMILES string of the molecule is CCN(C(=O)c1n[nH]c(C(C)C)n1)C1COCC1C(=O)O. The van der Waals surface area contributed by atoms with Crippen molar-refractivity contribution in [2.24, 2.45) is 5.92 Å². The Morgan fingerprint density at radius 2 is 2.19 bits per heavy atom. The van der Waals surface area contributed by atoms with Gasteiger partial charge in [0.15, 0.2) is 0 Å². The molecule has 0 aromatic carbocycles. The van der Waals surface area contributed by atoms with Gasteiger partial charge in [-0.3, -0.25) is 14.7 Å². The van der Waals surface area contributed by atoms with Crippen molar-refractivity contribution in [2.45, 2.75) is 32.7 Å². The Labute approximate surface area is 122 Å². The number of hydrogen-bond acceptors (Lipinski definition) is 5. The molecule has 0 spiro atoms. The molecule has 1 amide bonds. The molecular weight excluding hydrogens is 276 g/mol. The van der Waals surface area contributed by atoms with Crippen LogP contribution in [0.3, 0.4) is 0 Å². The number of ether oxygens (including phenoxy) is 1. The van der Waals surface area contributed by atoms with Crippen molar-refractivity contribution >= 4 is 11.9 Å². The first-order valence-electron chi connectivity index (χ1n) is 6.99. The second kappa shape index (κ2) is 6.21. The van der Waals surface area contributed by atoms with Gasteiger partial charge in [-0.05, 0) is 6.92 Å². The zero-order valence-corrected chi connectivity index (χ0v) is 12.4. The van der Waals surface area contributed by atoms with Crippen molar-refractivity contribution in [1.29, 1.82) is 0 Å². The van der Waals surface area contributed by atoms with Gasteiger partial charge in [-0.1, -0.05) is 13.8 Å². The number of likely N-dealkylation sites (N-methyl/N-ethyl adjacent to an activating group) is 1. The molecule has 8 nitrogen and oxygen atoms in total. The number of carboxylic acids is 1. The molecule has 21 heavy (non-hydrogen) atoms. The molecule has 2 N–H and O–H groups in total. The number of nitrogens with one attached hydrogen (secondary N) is 1. The van der Waals surface area contributed by atoms with Gasteiger partial charge in [0.2, 0.25) is 5.82 Å². The van der Waals surface area contributed by atoms with Crippen molar-refractivity contribution in [2.75, 3.05) is 19.8 Å². The fourth-order valence-corrected chi connectivity index (χ4v) is 2.37. The molecule has 2 unspecified atom stereocenters. The van der Waals surface area contributed by atoms with Crippen LogP contribution in [-0.4, -0.2) is 62.9 Å². The maximum Gasteiger partial charge on any atom is 0.311 e. The van der Waals surface area contributed by atoms with Crippen LogP contribution in [0.1, 0.15) is 43.1 Å². The third kappa shape index (κ3) is 3.05. The Balaban J connectivity index is 2.19. The maximum absolute atomic E-state index is 12.5. The minimum absolute atomic E-state index is 0.0663. The van der Waals surface area contributed by atoms with Gasteiger partial charge in [0.25, 0.3) is 5.91 Å². The lowest BCUT2D eigenvalue weighted by molar-refractivity contribution is -0.142. The van der Waals surface area contributed by atoms with E-state index in [-0.39, 0.29) is 30.9 Å². The van der Waals surface area contributed by atoms with E-state index in [1.807, 2.05) is 13.8 Å². The van der Waals surface area contributed by atoms with Gasteiger partial charge in [0.1, 0.15) is 11.7 Å². The molecule has 2 rings (SSSR count). The lowest BCUT2D eigenvalue weighted by Crippen LogP contribution is -2.46. The number of nitrogens with zero attached hydrogens (tertiary/aromatic N) is 3. The van der Waals surface area contributed by atoms with E-state index in [0.29, 0.717) is 12.4 Å². The molecule has 1 aliphatic heterocycles. The average molecular weight is 296 g/mol. The Bertz CT molecular complexity index is 528. The van der Waals surface area contributed by atoms with E-state index >= 15 is 0 Å². The van der Waals surface area contributed by atoms with E-state index in [9.17, 15) is 14.7 Å². The number of H-pyrrole nitrogens is 1. The lowest BCUT2D eigenvalue weighted by atomic mass is 10.0. The lowest BCUT2D eigenvalue weighted by Gasteiger charge is -2.28. The quantitative estimate of drug-likeness (QED) is 0.818. The number of aliphatic carboxylic acids is 1. The van der Waals surface area contributed by atoms with Gasteiger partial charge in [0, 0.05) is 12.5 Å². The van der Waals surface area contributed by atoms with Crippen molar-refractivity contribution in [3.8, 4) is 0 Å². The number of hydrogen-bond donors (Lipinski definition) is 2. The fourth-order valence-electron chi connectivity index (χ4n) is 2.37. The summed E-state index contributed by atoms with van der Waals surface area (Å²) in [6.07, 6.45) is 0. The van der Waals surface area contributed by atoms with E-state index in [0.717, 1.165) is 0 Å². The molecular formula is C13H20N4O4. The molecule has 1 aromatic heterocycles. The summed E-state index contributed by atoms with van der Waals surface area (Å²) < 4.78 is 5.22. The number of carbonyl (C=O) groups excluding carboxylic acids is 1. The summed E-state index contributed by atoms with van der Waals surface area (Å²) in [6.45, 7) is 6.40. The highest BCUT2D eigenvalue weighted by Gasteiger charge is 2.40. The fraction of sp³-hybridized carbons (Fsp3) is 0.692. The van der Waals surface area contributed by atoms with E-state index in [1.165, 1.54) is 4.90 Å². The highest BCUT2D eigenvalue weighted by Crippen LogP contribution is 2.21. The molecule has 1 aliphatic rings. The van der Waals surface area contributed by atoms with Gasteiger partial charge in [-0.2, -0.15) is 0 Å². The van der Waals surface area contributed by atoms with Gasteiger partial charge < -0.3 is 14.7 Å². The van der Waals surface area contributed by atoms with Crippen LogP contribution < -0.4 is 0 Å². The summed E-state index contributed by atoms with van der Waals surface area (Å²) in [6, 6.07) is -0.485. The van der Waals surface area contributed by atoms with E-state index < -0.39 is 17.9 Å². The van der Waals surface area contributed by atoms with Crippen LogP contribution in [-0.2, 0) is 9.53 Å². The number of amides is 1. The molecule has 2 atom stereocenters. The minimum Gasteiger partial charge on any atom is -0.481 e.